The van der Waals surface area contributed by atoms with Crippen LogP contribution in [0.4, 0.5) is 5.69 Å². The SMILES string of the molecule is Cc1ccc(Cl)c(NS(=O)(=O)c2ccc(CN)cc2)c1Cl. The van der Waals surface area contributed by atoms with Crippen molar-refractivity contribution in [1.82, 2.24) is 0 Å². The van der Waals surface area contributed by atoms with E-state index in [-0.39, 0.29) is 20.6 Å². The third kappa shape index (κ3) is 3.49. The Balaban J connectivity index is 2.39. The molecule has 0 aliphatic carbocycles. The number of nitrogens with two attached hydrogens (primary N) is 1. The number of halogens is 2. The van der Waals surface area contributed by atoms with Crippen LogP contribution in [0.25, 0.3) is 0 Å². The molecule has 0 amide bonds. The Morgan fingerprint density at radius 3 is 2.29 bits per heavy atom. The van der Waals surface area contributed by atoms with Gasteiger partial charge >= 0.3 is 0 Å². The number of rotatable bonds is 4. The maximum absolute atomic E-state index is 12.4. The van der Waals surface area contributed by atoms with E-state index in [4.69, 9.17) is 28.9 Å². The van der Waals surface area contributed by atoms with Crippen molar-refractivity contribution in [1.29, 1.82) is 0 Å². The van der Waals surface area contributed by atoms with Gasteiger partial charge in [0.05, 0.1) is 20.6 Å². The maximum atomic E-state index is 12.4. The lowest BCUT2D eigenvalue weighted by atomic mass is 10.2. The first-order valence-electron chi connectivity index (χ1n) is 6.11. The van der Waals surface area contributed by atoms with Crippen molar-refractivity contribution in [3.63, 3.8) is 0 Å². The van der Waals surface area contributed by atoms with Crippen LogP contribution in [-0.2, 0) is 16.6 Å². The Bertz CT molecular complexity index is 759. The van der Waals surface area contributed by atoms with Crippen LogP contribution in [0.1, 0.15) is 11.1 Å². The van der Waals surface area contributed by atoms with E-state index in [1.165, 1.54) is 12.1 Å². The number of benzene rings is 2. The summed E-state index contributed by atoms with van der Waals surface area (Å²) in [7, 11) is -3.76. The summed E-state index contributed by atoms with van der Waals surface area (Å²) in [6.45, 7) is 2.12. The molecular weight excluding hydrogens is 331 g/mol. The first-order valence-corrected chi connectivity index (χ1v) is 8.35. The smallest absolute Gasteiger partial charge is 0.261 e. The van der Waals surface area contributed by atoms with Gasteiger partial charge in [-0.15, -0.1) is 0 Å². The molecule has 0 saturated carbocycles. The largest absolute Gasteiger partial charge is 0.326 e. The van der Waals surface area contributed by atoms with E-state index in [0.717, 1.165) is 11.1 Å². The van der Waals surface area contributed by atoms with Gasteiger partial charge in [-0.25, -0.2) is 8.42 Å². The van der Waals surface area contributed by atoms with Crippen LogP contribution in [-0.4, -0.2) is 8.42 Å². The molecule has 0 aromatic heterocycles. The molecule has 21 heavy (non-hydrogen) atoms. The third-order valence-corrected chi connectivity index (χ3v) is 5.16. The third-order valence-electron chi connectivity index (χ3n) is 2.99. The lowest BCUT2D eigenvalue weighted by Gasteiger charge is -2.13. The molecule has 2 aromatic rings. The Kier molecular flexibility index (Phi) is 4.78. The highest BCUT2D eigenvalue weighted by molar-refractivity contribution is 7.92. The molecule has 0 atom stereocenters. The zero-order valence-electron chi connectivity index (χ0n) is 11.2. The molecular formula is C14H14Cl2N2O2S. The summed E-state index contributed by atoms with van der Waals surface area (Å²) < 4.78 is 27.1. The van der Waals surface area contributed by atoms with Gasteiger partial charge in [0, 0.05) is 6.54 Å². The van der Waals surface area contributed by atoms with E-state index in [1.807, 2.05) is 0 Å². The van der Waals surface area contributed by atoms with Gasteiger partial charge in [-0.3, -0.25) is 4.72 Å². The first-order chi connectivity index (χ1) is 9.85. The standard InChI is InChI=1S/C14H14Cl2N2O2S/c1-9-2-7-12(15)14(13(9)16)18-21(19,20)11-5-3-10(8-17)4-6-11/h2-7,18H,8,17H2,1H3. The number of nitrogens with one attached hydrogen (secondary N) is 1. The summed E-state index contributed by atoms with van der Waals surface area (Å²) in [6, 6.07) is 9.61. The van der Waals surface area contributed by atoms with Gasteiger partial charge in [0.2, 0.25) is 0 Å². The highest BCUT2D eigenvalue weighted by Crippen LogP contribution is 2.34. The maximum Gasteiger partial charge on any atom is 0.261 e. The summed E-state index contributed by atoms with van der Waals surface area (Å²) in [5.41, 5.74) is 7.25. The number of sulfonamides is 1. The van der Waals surface area contributed by atoms with Gasteiger partial charge in [0.25, 0.3) is 10.0 Å². The molecule has 0 unspecified atom stereocenters. The second-order valence-corrected chi connectivity index (χ2v) is 6.97. The van der Waals surface area contributed by atoms with Gasteiger partial charge in [0.15, 0.2) is 0 Å². The van der Waals surface area contributed by atoms with Gasteiger partial charge in [-0.1, -0.05) is 41.4 Å². The minimum Gasteiger partial charge on any atom is -0.326 e. The van der Waals surface area contributed by atoms with Crippen LogP contribution in [0.15, 0.2) is 41.3 Å². The molecule has 0 saturated heterocycles. The van der Waals surface area contributed by atoms with Crippen LogP contribution in [0, 0.1) is 6.92 Å². The number of hydrogen-bond acceptors (Lipinski definition) is 3. The van der Waals surface area contributed by atoms with Crippen LogP contribution in [0.2, 0.25) is 10.0 Å². The predicted octanol–water partition coefficient (Wildman–Crippen LogP) is 3.56. The van der Waals surface area contributed by atoms with Crippen molar-refractivity contribution in [2.45, 2.75) is 18.4 Å². The fraction of sp³-hybridized carbons (Fsp3) is 0.143. The first kappa shape index (κ1) is 16.1. The van der Waals surface area contributed by atoms with Gasteiger partial charge in [0.1, 0.15) is 0 Å². The molecule has 0 heterocycles. The van der Waals surface area contributed by atoms with Crippen LogP contribution < -0.4 is 10.5 Å². The van der Waals surface area contributed by atoms with Crippen molar-refractivity contribution in [2.75, 3.05) is 4.72 Å². The Morgan fingerprint density at radius 2 is 1.71 bits per heavy atom. The van der Waals surface area contributed by atoms with Crippen LogP contribution in [0.3, 0.4) is 0 Å². The van der Waals surface area contributed by atoms with E-state index >= 15 is 0 Å². The molecule has 4 nitrogen and oxygen atoms in total. The second-order valence-electron chi connectivity index (χ2n) is 4.51. The molecule has 0 spiro atoms. The van der Waals surface area contributed by atoms with Crippen LogP contribution in [0.5, 0.6) is 0 Å². The van der Waals surface area contributed by atoms with E-state index in [1.54, 1.807) is 31.2 Å². The molecule has 3 N–H and O–H groups in total. The second kappa shape index (κ2) is 6.23. The number of hydrogen-bond donors (Lipinski definition) is 2. The van der Waals surface area contributed by atoms with E-state index in [9.17, 15) is 8.42 Å². The minimum atomic E-state index is -3.76. The van der Waals surface area contributed by atoms with Crippen molar-refractivity contribution in [3.8, 4) is 0 Å². The Hall–Kier alpha value is -1.27. The zero-order valence-corrected chi connectivity index (χ0v) is 13.6. The number of anilines is 1. The highest BCUT2D eigenvalue weighted by atomic mass is 35.5. The van der Waals surface area contributed by atoms with Crippen molar-refractivity contribution in [2.24, 2.45) is 5.73 Å². The molecule has 0 radical (unpaired) electrons. The summed E-state index contributed by atoms with van der Waals surface area (Å²) in [5, 5.41) is 0.525. The van der Waals surface area contributed by atoms with E-state index in [0.29, 0.717) is 6.54 Å². The van der Waals surface area contributed by atoms with Gasteiger partial charge in [-0.05, 0) is 36.2 Å². The Morgan fingerprint density at radius 1 is 1.10 bits per heavy atom. The van der Waals surface area contributed by atoms with Crippen molar-refractivity contribution < 1.29 is 8.42 Å². The normalized spacial score (nSPS) is 11.4. The highest BCUT2D eigenvalue weighted by Gasteiger charge is 2.18. The van der Waals surface area contributed by atoms with E-state index < -0.39 is 10.0 Å². The van der Waals surface area contributed by atoms with Crippen molar-refractivity contribution >= 4 is 38.9 Å². The molecule has 7 heteroatoms. The summed E-state index contributed by atoms with van der Waals surface area (Å²) >= 11 is 12.1. The molecule has 0 aliphatic rings. The predicted molar refractivity (Wildman–Crippen MR) is 86.3 cm³/mol. The van der Waals surface area contributed by atoms with Gasteiger partial charge in [-0.2, -0.15) is 0 Å². The zero-order chi connectivity index (χ0) is 15.6. The molecule has 0 fully saturated rings. The summed E-state index contributed by atoms with van der Waals surface area (Å²) in [4.78, 5) is 0.119. The summed E-state index contributed by atoms with van der Waals surface area (Å²) in [6.07, 6.45) is 0. The molecule has 2 aromatic carbocycles. The lowest BCUT2D eigenvalue weighted by molar-refractivity contribution is 0.601. The monoisotopic (exact) mass is 344 g/mol. The Labute approximate surface area is 133 Å². The van der Waals surface area contributed by atoms with Crippen LogP contribution >= 0.6 is 23.2 Å². The van der Waals surface area contributed by atoms with Gasteiger partial charge < -0.3 is 5.73 Å². The average molecular weight is 345 g/mol. The van der Waals surface area contributed by atoms with E-state index in [2.05, 4.69) is 4.72 Å². The molecule has 112 valence electrons. The molecule has 0 aliphatic heterocycles. The topological polar surface area (TPSA) is 72.2 Å². The fourth-order valence-corrected chi connectivity index (χ4v) is 3.42. The van der Waals surface area contributed by atoms with Crippen molar-refractivity contribution in [3.05, 3.63) is 57.6 Å². The molecule has 0 bridgehead atoms. The summed E-state index contributed by atoms with van der Waals surface area (Å²) in [5.74, 6) is 0. The average Bonchev–Trinajstić information content (AvgIpc) is 2.48. The number of aryl methyl sites for hydroxylation is 1. The lowest BCUT2D eigenvalue weighted by Crippen LogP contribution is -2.14. The molecule has 2 rings (SSSR count). The minimum absolute atomic E-state index is 0.119. The fourth-order valence-electron chi connectivity index (χ4n) is 1.75. The quantitative estimate of drug-likeness (QED) is 0.890.